The Morgan fingerprint density at radius 2 is 1.56 bits per heavy atom. The first-order chi connectivity index (χ1) is 5.57. The molecule has 0 aromatic carbocycles. The smallest absolute Gasteiger partial charge is 0.809 e. The second kappa shape index (κ2) is 12.3. The van der Waals surface area contributed by atoms with Crippen molar-refractivity contribution in [3.8, 4) is 0 Å². The molecule has 0 aliphatic heterocycles. The van der Waals surface area contributed by atoms with E-state index < -0.39 is 20.8 Å². The van der Waals surface area contributed by atoms with Crippen molar-refractivity contribution in [1.29, 1.82) is 0 Å². The molecular formula is C4H7K3O7P2. The maximum Gasteiger partial charge on any atom is 1.00 e. The molecule has 12 heteroatoms. The zero-order valence-corrected chi connectivity index (χ0v) is 20.7. The normalized spacial score (nSPS) is 15.3. The summed E-state index contributed by atoms with van der Waals surface area (Å²) in [6, 6.07) is 0. The van der Waals surface area contributed by atoms with Gasteiger partial charge < -0.3 is 28.9 Å². The molecule has 0 aromatic rings. The van der Waals surface area contributed by atoms with Crippen LogP contribution in [0.1, 0.15) is 6.92 Å². The van der Waals surface area contributed by atoms with E-state index in [1.165, 1.54) is 0 Å². The van der Waals surface area contributed by atoms with Gasteiger partial charge in [0.25, 0.3) is 0 Å². The van der Waals surface area contributed by atoms with Gasteiger partial charge in [-0.1, -0.05) is 6.58 Å². The molecular weight excluding hydrogens is 339 g/mol. The third kappa shape index (κ3) is 12.5. The molecule has 0 amide bonds. The maximum atomic E-state index is 10.7. The minimum Gasteiger partial charge on any atom is -0.809 e. The molecule has 0 saturated carbocycles. The topological polar surface area (TPSA) is 133 Å². The Kier molecular flexibility index (Phi) is 22.2. The van der Waals surface area contributed by atoms with Crippen molar-refractivity contribution >= 4 is 15.2 Å². The summed E-state index contributed by atoms with van der Waals surface area (Å²) < 4.78 is 24.7. The fourth-order valence-electron chi connectivity index (χ4n) is 0.438. The number of aliphatic hydroxyl groups excluding tert-OH is 1. The van der Waals surface area contributed by atoms with Crippen molar-refractivity contribution in [3.05, 3.63) is 12.3 Å². The average Bonchev–Trinajstić information content (AvgIpc) is 1.80. The Labute approximate surface area is 221 Å². The summed E-state index contributed by atoms with van der Waals surface area (Å²) in [5.74, 6) is -0.342. The van der Waals surface area contributed by atoms with Crippen LogP contribution in [-0.4, -0.2) is 10.7 Å². The van der Waals surface area contributed by atoms with Crippen molar-refractivity contribution in [2.45, 2.75) is 12.5 Å². The summed E-state index contributed by atoms with van der Waals surface area (Å²) in [5.41, 5.74) is -3.07. The van der Waals surface area contributed by atoms with E-state index >= 15 is 0 Å². The molecule has 0 bridgehead atoms. The molecule has 0 radical (unpaired) electrons. The summed E-state index contributed by atoms with van der Waals surface area (Å²) in [6.07, 6.45) is 0. The van der Waals surface area contributed by atoms with Crippen LogP contribution >= 0.6 is 15.2 Å². The molecule has 0 spiro atoms. The van der Waals surface area contributed by atoms with Crippen LogP contribution in [0.15, 0.2) is 12.3 Å². The van der Waals surface area contributed by atoms with E-state index in [4.69, 9.17) is 5.11 Å². The Balaban J connectivity index is -0.000000240. The zero-order chi connectivity index (χ0) is 10.9. The largest absolute Gasteiger partial charge is 1.00 e. The van der Waals surface area contributed by atoms with Crippen LogP contribution in [-0.2, 0) is 13.7 Å². The second-order valence-corrected chi connectivity index (χ2v) is 5.95. The summed E-state index contributed by atoms with van der Waals surface area (Å²) in [6.45, 7) is 4.13. The van der Waals surface area contributed by atoms with Crippen molar-refractivity contribution < 1.29 is 188 Å². The van der Waals surface area contributed by atoms with Crippen molar-refractivity contribution in [2.75, 3.05) is 0 Å². The van der Waals surface area contributed by atoms with E-state index in [0.29, 0.717) is 0 Å². The quantitative estimate of drug-likeness (QED) is 0.304. The molecule has 0 aromatic heterocycles. The van der Waals surface area contributed by atoms with Crippen LogP contribution in [0.4, 0.5) is 0 Å². The molecule has 0 aliphatic rings. The van der Waals surface area contributed by atoms with Gasteiger partial charge in [0.15, 0.2) is 5.59 Å². The first-order valence-electron chi connectivity index (χ1n) is 2.93. The van der Waals surface area contributed by atoms with Gasteiger partial charge in [-0.05, 0) is 14.5 Å². The molecule has 16 heavy (non-hydrogen) atoms. The third-order valence-electron chi connectivity index (χ3n) is 0.849. The Bertz CT molecular complexity index is 302. The summed E-state index contributed by atoms with van der Waals surface area (Å²) in [7, 11) is -10.8. The Hall–Kier alpha value is 4.75. The third-order valence-corrected chi connectivity index (χ3v) is 4.24. The molecule has 78 valence electrons. The summed E-state index contributed by atoms with van der Waals surface area (Å²) >= 11 is 0. The fraction of sp³-hybridized carbons (Fsp3) is 0.500. The maximum absolute atomic E-state index is 10.7. The van der Waals surface area contributed by atoms with Crippen LogP contribution in [0.5, 0.6) is 0 Å². The first-order valence-corrected chi connectivity index (χ1v) is 6.15. The van der Waals surface area contributed by atoms with Crippen molar-refractivity contribution in [1.82, 2.24) is 0 Å². The van der Waals surface area contributed by atoms with Gasteiger partial charge in [-0.2, -0.15) is 0 Å². The van der Waals surface area contributed by atoms with Gasteiger partial charge in [-0.15, -0.1) is 0 Å². The van der Waals surface area contributed by atoms with E-state index in [1.807, 2.05) is 0 Å². The number of hydrogen-bond donors (Lipinski definition) is 1. The summed E-state index contributed by atoms with van der Waals surface area (Å²) in [4.78, 5) is 30.9. The second-order valence-electron chi connectivity index (χ2n) is 2.22. The first kappa shape index (κ1) is 28.8. The van der Waals surface area contributed by atoms with E-state index in [0.717, 1.165) is 6.92 Å². The fourth-order valence-corrected chi connectivity index (χ4v) is 2.49. The minimum absolute atomic E-state index is 0. The van der Waals surface area contributed by atoms with Crippen molar-refractivity contribution in [3.63, 3.8) is 0 Å². The molecule has 0 saturated heterocycles. The van der Waals surface area contributed by atoms with Crippen LogP contribution < -0.4 is 169 Å². The molecule has 0 fully saturated rings. The van der Waals surface area contributed by atoms with Gasteiger partial charge in [-0.25, -0.2) is 0 Å². The summed E-state index contributed by atoms with van der Waals surface area (Å²) in [5, 5.41) is 8.53. The minimum atomic E-state index is -5.62. The molecule has 0 heterocycles. The van der Waals surface area contributed by atoms with E-state index in [-0.39, 0.29) is 160 Å². The average molecular weight is 346 g/mol. The van der Waals surface area contributed by atoms with Gasteiger partial charge >= 0.3 is 154 Å². The molecule has 0 aliphatic carbocycles. The SMILES string of the molecule is C=C(C)OP(=O)([O-])C(O)P(=O)([O-])[O-].[K+].[K+].[K+]. The number of allylic oxidation sites excluding steroid dienone is 1. The standard InChI is InChI=1S/C4H10O7P2.3K/c1-3(2)11-13(9,10)4(5)12(6,7)8;;;/h4-5H,1H2,2H3,(H,9,10)(H2,6,7,8);;;/q;3*+1/p-3. The molecule has 2 atom stereocenters. The molecule has 2 unspecified atom stereocenters. The number of hydrogen-bond acceptors (Lipinski definition) is 7. The van der Waals surface area contributed by atoms with Gasteiger partial charge in [0.1, 0.15) is 0 Å². The molecule has 0 rings (SSSR count). The van der Waals surface area contributed by atoms with Crippen LogP contribution in [0.3, 0.4) is 0 Å². The Morgan fingerprint density at radius 3 is 1.75 bits per heavy atom. The van der Waals surface area contributed by atoms with Gasteiger partial charge in [0, 0.05) is 0 Å². The zero-order valence-electron chi connectivity index (χ0n) is 9.58. The van der Waals surface area contributed by atoms with Crippen LogP contribution in [0.25, 0.3) is 0 Å². The predicted octanol–water partition coefficient (Wildman–Crippen LogP) is -10.7. The van der Waals surface area contributed by atoms with E-state index in [9.17, 15) is 23.8 Å². The number of aliphatic hydroxyl groups is 1. The molecule has 1 N–H and O–H groups in total. The van der Waals surface area contributed by atoms with Gasteiger partial charge in [0.2, 0.25) is 7.60 Å². The number of rotatable bonds is 4. The van der Waals surface area contributed by atoms with E-state index in [1.54, 1.807) is 0 Å². The predicted molar refractivity (Wildman–Crippen MR) is 37.1 cm³/mol. The monoisotopic (exact) mass is 346 g/mol. The van der Waals surface area contributed by atoms with Gasteiger partial charge in [-0.3, -0.25) is 4.57 Å². The van der Waals surface area contributed by atoms with Crippen LogP contribution in [0.2, 0.25) is 0 Å². The van der Waals surface area contributed by atoms with E-state index in [2.05, 4.69) is 11.1 Å². The van der Waals surface area contributed by atoms with Crippen molar-refractivity contribution in [2.24, 2.45) is 0 Å². The molecule has 7 nitrogen and oxygen atoms in total. The Morgan fingerprint density at radius 1 is 1.25 bits per heavy atom. The van der Waals surface area contributed by atoms with Gasteiger partial charge in [0.05, 0.1) is 5.76 Å². The van der Waals surface area contributed by atoms with Crippen LogP contribution in [0, 0.1) is 0 Å².